The van der Waals surface area contributed by atoms with Crippen molar-refractivity contribution in [1.29, 1.82) is 0 Å². The first-order valence-corrected chi connectivity index (χ1v) is 9.32. The summed E-state index contributed by atoms with van der Waals surface area (Å²) < 4.78 is 13.0. The lowest BCUT2D eigenvalue weighted by Crippen LogP contribution is -2.25. The van der Waals surface area contributed by atoms with Crippen molar-refractivity contribution in [2.24, 2.45) is 0 Å². The van der Waals surface area contributed by atoms with Gasteiger partial charge >= 0.3 is 5.97 Å². The molecule has 1 aromatic rings. The van der Waals surface area contributed by atoms with Gasteiger partial charge in [0.2, 0.25) is 5.95 Å². The smallest absolute Gasteiger partial charge is 0.319 e. The van der Waals surface area contributed by atoms with E-state index in [0.717, 1.165) is 56.6 Å². The second kappa shape index (κ2) is 6.68. The molecular weight excluding hydrogens is 316 g/mol. The normalized spacial score (nSPS) is 27.8. The van der Waals surface area contributed by atoms with Crippen LogP contribution < -0.4 is 4.90 Å². The molecule has 2 atom stereocenters. The molecule has 126 valence electrons. The van der Waals surface area contributed by atoms with Crippen LogP contribution in [0.1, 0.15) is 32.1 Å². The molecule has 4 heterocycles. The van der Waals surface area contributed by atoms with Crippen molar-refractivity contribution in [3.05, 3.63) is 0 Å². The zero-order chi connectivity index (χ0) is 15.6. The monoisotopic (exact) mass is 338 g/mol. The average Bonchev–Trinajstić information content (AvgIpc) is 3.31. The molecule has 3 aliphatic heterocycles. The van der Waals surface area contributed by atoms with Gasteiger partial charge in [-0.25, -0.2) is 0 Å². The van der Waals surface area contributed by atoms with Crippen LogP contribution in [-0.4, -0.2) is 58.4 Å². The number of ether oxygens (including phenoxy) is 2. The fourth-order valence-electron chi connectivity index (χ4n) is 3.38. The third-order valence-corrected chi connectivity index (χ3v) is 5.86. The molecule has 3 fully saturated rings. The van der Waals surface area contributed by atoms with E-state index in [1.165, 1.54) is 24.6 Å². The van der Waals surface area contributed by atoms with E-state index in [0.29, 0.717) is 6.61 Å². The lowest BCUT2D eigenvalue weighted by molar-refractivity contribution is -0.137. The van der Waals surface area contributed by atoms with Crippen LogP contribution >= 0.6 is 11.8 Å². The summed E-state index contributed by atoms with van der Waals surface area (Å²) >= 11 is 1.48. The number of anilines is 1. The van der Waals surface area contributed by atoms with E-state index in [1.807, 2.05) is 0 Å². The fourth-order valence-corrected chi connectivity index (χ4v) is 4.39. The van der Waals surface area contributed by atoms with E-state index in [1.54, 1.807) is 0 Å². The van der Waals surface area contributed by atoms with Gasteiger partial charge in [-0.3, -0.25) is 9.36 Å². The van der Waals surface area contributed by atoms with Gasteiger partial charge in [-0.05, 0) is 25.7 Å². The van der Waals surface area contributed by atoms with Gasteiger partial charge in [-0.2, -0.15) is 0 Å². The molecule has 3 aliphatic rings. The van der Waals surface area contributed by atoms with Crippen LogP contribution in [0.3, 0.4) is 0 Å². The largest absolute Gasteiger partial charge is 0.465 e. The van der Waals surface area contributed by atoms with E-state index in [2.05, 4.69) is 19.7 Å². The second-order valence-electron chi connectivity index (χ2n) is 6.29. The molecule has 0 bridgehead atoms. The Kier molecular flexibility index (Phi) is 4.43. The second-order valence-corrected chi connectivity index (χ2v) is 7.45. The number of carbonyl (C=O) groups excluding carboxylic acids is 1. The highest BCUT2D eigenvalue weighted by molar-refractivity contribution is 8.00. The first-order chi connectivity index (χ1) is 11.3. The first kappa shape index (κ1) is 15.3. The van der Waals surface area contributed by atoms with Gasteiger partial charge < -0.3 is 14.4 Å². The summed E-state index contributed by atoms with van der Waals surface area (Å²) in [6, 6.07) is 0. The number of carbonyl (C=O) groups is 1. The van der Waals surface area contributed by atoms with E-state index in [-0.39, 0.29) is 17.3 Å². The Morgan fingerprint density at radius 2 is 2.00 bits per heavy atom. The molecule has 0 spiro atoms. The van der Waals surface area contributed by atoms with Crippen LogP contribution in [0.2, 0.25) is 0 Å². The molecule has 0 saturated carbocycles. The molecular formula is C15H22N4O3S. The predicted molar refractivity (Wildman–Crippen MR) is 85.7 cm³/mol. The van der Waals surface area contributed by atoms with E-state index < -0.39 is 0 Å². The molecule has 0 unspecified atom stereocenters. The zero-order valence-corrected chi connectivity index (χ0v) is 14.0. The standard InChI is InChI=1S/C15H22N4O3S/c20-13-12(5-9-22-13)23-15-17-16-14(18-6-1-2-7-18)19(15)10-11-4-3-8-21-11/h11-12H,1-10H2/t11-,12+/m1/s1. The lowest BCUT2D eigenvalue weighted by Gasteiger charge is -2.20. The quantitative estimate of drug-likeness (QED) is 0.753. The first-order valence-electron chi connectivity index (χ1n) is 8.44. The average molecular weight is 338 g/mol. The van der Waals surface area contributed by atoms with E-state index in [4.69, 9.17) is 9.47 Å². The molecule has 0 aliphatic carbocycles. The van der Waals surface area contributed by atoms with E-state index in [9.17, 15) is 4.79 Å². The Hall–Kier alpha value is -1.28. The van der Waals surface area contributed by atoms with Crippen LogP contribution in [0.15, 0.2) is 5.16 Å². The maximum absolute atomic E-state index is 11.8. The summed E-state index contributed by atoms with van der Waals surface area (Å²) in [5, 5.41) is 9.44. The number of hydrogen-bond donors (Lipinski definition) is 0. The molecule has 1 aromatic heterocycles. The van der Waals surface area contributed by atoms with Gasteiger partial charge in [-0.15, -0.1) is 10.2 Å². The maximum atomic E-state index is 11.8. The minimum Gasteiger partial charge on any atom is -0.465 e. The highest BCUT2D eigenvalue weighted by Gasteiger charge is 2.32. The van der Waals surface area contributed by atoms with Crippen LogP contribution in [0.4, 0.5) is 5.95 Å². The van der Waals surface area contributed by atoms with Crippen molar-refractivity contribution < 1.29 is 14.3 Å². The highest BCUT2D eigenvalue weighted by Crippen LogP contribution is 2.32. The van der Waals surface area contributed by atoms with Crippen LogP contribution in [-0.2, 0) is 20.8 Å². The van der Waals surface area contributed by atoms with Crippen LogP contribution in [0.5, 0.6) is 0 Å². The number of aromatic nitrogens is 3. The van der Waals surface area contributed by atoms with Gasteiger partial charge in [0, 0.05) is 26.1 Å². The minimum absolute atomic E-state index is 0.135. The fraction of sp³-hybridized carbons (Fsp3) is 0.800. The maximum Gasteiger partial charge on any atom is 0.319 e. The summed E-state index contributed by atoms with van der Waals surface area (Å²) in [6.45, 7) is 4.17. The Balaban J connectivity index is 1.57. The van der Waals surface area contributed by atoms with Crippen molar-refractivity contribution in [2.45, 2.75) is 55.2 Å². The topological polar surface area (TPSA) is 69.5 Å². The third-order valence-electron chi connectivity index (χ3n) is 4.63. The Morgan fingerprint density at radius 3 is 2.70 bits per heavy atom. The van der Waals surface area contributed by atoms with Gasteiger partial charge in [0.15, 0.2) is 5.16 Å². The molecule has 7 nitrogen and oxygen atoms in total. The van der Waals surface area contributed by atoms with E-state index >= 15 is 0 Å². The number of nitrogens with zero attached hydrogens (tertiary/aromatic N) is 4. The lowest BCUT2D eigenvalue weighted by atomic mass is 10.2. The number of cyclic esters (lactones) is 1. The summed E-state index contributed by atoms with van der Waals surface area (Å²) in [6.07, 6.45) is 5.56. The van der Waals surface area contributed by atoms with Gasteiger partial charge in [0.25, 0.3) is 0 Å². The van der Waals surface area contributed by atoms with Crippen molar-refractivity contribution in [1.82, 2.24) is 14.8 Å². The molecule has 0 aromatic carbocycles. The van der Waals surface area contributed by atoms with Crippen LogP contribution in [0.25, 0.3) is 0 Å². The molecule has 4 rings (SSSR count). The van der Waals surface area contributed by atoms with Crippen LogP contribution in [0, 0.1) is 0 Å². The number of hydrogen-bond acceptors (Lipinski definition) is 7. The summed E-state index contributed by atoms with van der Waals surface area (Å²) in [4.78, 5) is 14.1. The Morgan fingerprint density at radius 1 is 1.13 bits per heavy atom. The Bertz CT molecular complexity index is 567. The molecule has 0 radical (unpaired) electrons. The van der Waals surface area contributed by atoms with Gasteiger partial charge in [-0.1, -0.05) is 11.8 Å². The predicted octanol–water partition coefficient (Wildman–Crippen LogP) is 1.46. The summed E-state index contributed by atoms with van der Waals surface area (Å²) in [5.74, 6) is 0.788. The van der Waals surface area contributed by atoms with Crippen molar-refractivity contribution >= 4 is 23.7 Å². The summed E-state index contributed by atoms with van der Waals surface area (Å²) in [5.41, 5.74) is 0. The molecule has 3 saturated heterocycles. The van der Waals surface area contributed by atoms with Crippen molar-refractivity contribution in [2.75, 3.05) is 31.2 Å². The number of esters is 1. The molecule has 0 N–H and O–H groups in total. The van der Waals surface area contributed by atoms with Gasteiger partial charge in [0.05, 0.1) is 19.3 Å². The highest BCUT2D eigenvalue weighted by atomic mass is 32.2. The van der Waals surface area contributed by atoms with Crippen molar-refractivity contribution in [3.8, 4) is 0 Å². The summed E-state index contributed by atoms with van der Waals surface area (Å²) in [7, 11) is 0. The van der Waals surface area contributed by atoms with Gasteiger partial charge in [0.1, 0.15) is 5.25 Å². The van der Waals surface area contributed by atoms with Crippen molar-refractivity contribution in [3.63, 3.8) is 0 Å². The minimum atomic E-state index is -0.158. The number of rotatable bonds is 5. The molecule has 0 amide bonds. The number of thioether (sulfide) groups is 1. The SMILES string of the molecule is O=C1OCC[C@@H]1Sc1nnc(N2CCCC2)n1C[C@H]1CCCO1. The third kappa shape index (κ3) is 3.19. The molecule has 8 heteroatoms. The molecule has 23 heavy (non-hydrogen) atoms. The zero-order valence-electron chi connectivity index (χ0n) is 13.1. The Labute approximate surface area is 139 Å².